The molecule has 0 amide bonds. The predicted molar refractivity (Wildman–Crippen MR) is 73.8 cm³/mol. The lowest BCUT2D eigenvalue weighted by atomic mass is 9.89. The van der Waals surface area contributed by atoms with Crippen LogP contribution in [0, 0.1) is 0 Å². The number of halogens is 2. The summed E-state index contributed by atoms with van der Waals surface area (Å²) in [4.78, 5) is 13.7. The van der Waals surface area contributed by atoms with Crippen molar-refractivity contribution in [2.75, 3.05) is 26.3 Å². The molecule has 1 N–H and O–H groups in total. The smallest absolute Gasteiger partial charge is 0.328 e. The molecule has 1 saturated heterocycles. The molecule has 1 aromatic rings. The number of morpholine rings is 1. The van der Waals surface area contributed by atoms with Gasteiger partial charge in [-0.3, -0.25) is 4.90 Å². The zero-order valence-corrected chi connectivity index (χ0v) is 12.0. The molecule has 0 spiro atoms. The van der Waals surface area contributed by atoms with Gasteiger partial charge in [-0.1, -0.05) is 35.3 Å². The van der Waals surface area contributed by atoms with Gasteiger partial charge in [-0.25, -0.2) is 4.79 Å². The first-order valence-electron chi connectivity index (χ1n) is 5.98. The Bertz CT molecular complexity index is 489. The van der Waals surface area contributed by atoms with E-state index >= 15 is 0 Å². The highest BCUT2D eigenvalue weighted by molar-refractivity contribution is 6.42. The first kappa shape index (κ1) is 14.6. The Hall–Kier alpha value is -0.810. The van der Waals surface area contributed by atoms with Crippen LogP contribution in [0.1, 0.15) is 12.5 Å². The Morgan fingerprint density at radius 2 is 2.00 bits per heavy atom. The van der Waals surface area contributed by atoms with Crippen LogP contribution in [-0.2, 0) is 15.1 Å². The fourth-order valence-electron chi connectivity index (χ4n) is 2.31. The Morgan fingerprint density at radius 1 is 1.37 bits per heavy atom. The molecule has 1 fully saturated rings. The van der Waals surface area contributed by atoms with Crippen LogP contribution in [-0.4, -0.2) is 42.3 Å². The number of carbonyl (C=O) groups is 1. The molecule has 4 nitrogen and oxygen atoms in total. The second-order valence-electron chi connectivity index (χ2n) is 4.58. The number of hydrogen-bond acceptors (Lipinski definition) is 3. The van der Waals surface area contributed by atoms with Crippen LogP contribution >= 0.6 is 23.2 Å². The Morgan fingerprint density at radius 3 is 2.58 bits per heavy atom. The molecule has 1 aliphatic rings. The quantitative estimate of drug-likeness (QED) is 0.932. The van der Waals surface area contributed by atoms with Gasteiger partial charge in [0.05, 0.1) is 23.3 Å². The van der Waals surface area contributed by atoms with Gasteiger partial charge in [0.25, 0.3) is 0 Å². The van der Waals surface area contributed by atoms with Crippen molar-refractivity contribution in [2.45, 2.75) is 12.5 Å². The molecule has 0 bridgehead atoms. The molecule has 0 aromatic heterocycles. The number of carboxylic acids is 1. The highest BCUT2D eigenvalue weighted by atomic mass is 35.5. The van der Waals surface area contributed by atoms with Gasteiger partial charge in [0.2, 0.25) is 0 Å². The lowest BCUT2D eigenvalue weighted by molar-refractivity contribution is -0.154. The van der Waals surface area contributed by atoms with E-state index in [2.05, 4.69) is 0 Å². The monoisotopic (exact) mass is 303 g/mol. The molecule has 0 aliphatic carbocycles. The van der Waals surface area contributed by atoms with Crippen molar-refractivity contribution in [1.29, 1.82) is 0 Å². The summed E-state index contributed by atoms with van der Waals surface area (Å²) in [5.74, 6) is -0.946. The maximum absolute atomic E-state index is 11.8. The Balaban J connectivity index is 2.49. The molecule has 19 heavy (non-hydrogen) atoms. The molecule has 1 unspecified atom stereocenters. The average molecular weight is 304 g/mol. The number of hydrogen-bond donors (Lipinski definition) is 1. The van der Waals surface area contributed by atoms with Crippen LogP contribution in [0.5, 0.6) is 0 Å². The van der Waals surface area contributed by atoms with Gasteiger partial charge in [-0.2, -0.15) is 0 Å². The highest BCUT2D eigenvalue weighted by Gasteiger charge is 2.43. The van der Waals surface area contributed by atoms with E-state index in [1.807, 2.05) is 4.90 Å². The maximum atomic E-state index is 11.8. The van der Waals surface area contributed by atoms with E-state index in [0.29, 0.717) is 41.9 Å². The lowest BCUT2D eigenvalue weighted by Gasteiger charge is -2.40. The van der Waals surface area contributed by atoms with Gasteiger partial charge in [-0.15, -0.1) is 0 Å². The van der Waals surface area contributed by atoms with Crippen molar-refractivity contribution in [2.24, 2.45) is 0 Å². The first-order valence-corrected chi connectivity index (χ1v) is 6.74. The minimum absolute atomic E-state index is 0.292. The summed E-state index contributed by atoms with van der Waals surface area (Å²) in [6.45, 7) is 3.78. The van der Waals surface area contributed by atoms with Crippen molar-refractivity contribution in [3.63, 3.8) is 0 Å². The standard InChI is InChI=1S/C13H15Cl2NO3/c1-13(12(17)18,16-5-7-19-8-6-16)9-3-2-4-10(14)11(9)15/h2-4H,5-8H2,1H3,(H,17,18). The van der Waals surface area contributed by atoms with Crippen LogP contribution in [0.25, 0.3) is 0 Å². The molecular weight excluding hydrogens is 289 g/mol. The molecule has 1 heterocycles. The van der Waals surface area contributed by atoms with Gasteiger partial charge in [0.15, 0.2) is 0 Å². The summed E-state index contributed by atoms with van der Waals surface area (Å²) >= 11 is 12.2. The summed E-state index contributed by atoms with van der Waals surface area (Å²) in [5.41, 5.74) is -0.692. The number of aliphatic carboxylic acids is 1. The molecule has 6 heteroatoms. The third-order valence-corrected chi connectivity index (χ3v) is 4.35. The fraction of sp³-hybridized carbons (Fsp3) is 0.462. The summed E-state index contributed by atoms with van der Waals surface area (Å²) in [6.07, 6.45) is 0. The largest absolute Gasteiger partial charge is 0.480 e. The number of benzene rings is 1. The summed E-state index contributed by atoms with van der Waals surface area (Å²) in [7, 11) is 0. The zero-order valence-electron chi connectivity index (χ0n) is 10.5. The number of rotatable bonds is 3. The number of carboxylic acid groups (broad SMARTS) is 1. The average Bonchev–Trinajstić information content (AvgIpc) is 2.42. The van der Waals surface area contributed by atoms with E-state index in [9.17, 15) is 9.90 Å². The molecule has 0 saturated carbocycles. The SMILES string of the molecule is CC(C(=O)O)(c1cccc(Cl)c1Cl)N1CCOCC1. The molecule has 1 atom stereocenters. The fourth-order valence-corrected chi connectivity index (χ4v) is 2.80. The number of nitrogens with zero attached hydrogens (tertiary/aromatic N) is 1. The van der Waals surface area contributed by atoms with Crippen LogP contribution in [0.15, 0.2) is 18.2 Å². The van der Waals surface area contributed by atoms with Crippen molar-refractivity contribution < 1.29 is 14.6 Å². The van der Waals surface area contributed by atoms with Gasteiger partial charge in [0.1, 0.15) is 5.54 Å². The van der Waals surface area contributed by atoms with Gasteiger partial charge in [-0.05, 0) is 13.0 Å². The van der Waals surface area contributed by atoms with E-state index in [1.54, 1.807) is 25.1 Å². The molecule has 1 aromatic carbocycles. The molecular formula is C13H15Cl2NO3. The van der Waals surface area contributed by atoms with Crippen molar-refractivity contribution in [1.82, 2.24) is 4.90 Å². The molecule has 104 valence electrons. The van der Waals surface area contributed by atoms with Crippen LogP contribution in [0.4, 0.5) is 0 Å². The summed E-state index contributed by atoms with van der Waals surface area (Å²) in [5, 5.41) is 10.3. The molecule has 1 aliphatic heterocycles. The van der Waals surface area contributed by atoms with E-state index in [1.165, 1.54) is 0 Å². The first-order chi connectivity index (χ1) is 8.98. The van der Waals surface area contributed by atoms with E-state index in [4.69, 9.17) is 27.9 Å². The predicted octanol–water partition coefficient (Wildman–Crippen LogP) is 2.63. The van der Waals surface area contributed by atoms with E-state index in [0.717, 1.165) is 0 Å². The van der Waals surface area contributed by atoms with Crippen molar-refractivity contribution in [3.8, 4) is 0 Å². The van der Waals surface area contributed by atoms with Crippen LogP contribution in [0.3, 0.4) is 0 Å². The second kappa shape index (κ2) is 5.67. The maximum Gasteiger partial charge on any atom is 0.328 e. The van der Waals surface area contributed by atoms with Gasteiger partial charge in [0, 0.05) is 18.7 Å². The van der Waals surface area contributed by atoms with Crippen LogP contribution in [0.2, 0.25) is 10.0 Å². The zero-order chi connectivity index (χ0) is 14.0. The van der Waals surface area contributed by atoms with E-state index in [-0.39, 0.29) is 0 Å². The molecule has 0 radical (unpaired) electrons. The lowest BCUT2D eigenvalue weighted by Crippen LogP contribution is -2.54. The topological polar surface area (TPSA) is 49.8 Å². The van der Waals surface area contributed by atoms with Crippen LogP contribution < -0.4 is 0 Å². The van der Waals surface area contributed by atoms with Crippen molar-refractivity contribution in [3.05, 3.63) is 33.8 Å². The highest BCUT2D eigenvalue weighted by Crippen LogP contribution is 2.37. The van der Waals surface area contributed by atoms with Gasteiger partial charge >= 0.3 is 5.97 Å². The molecule has 2 rings (SSSR count). The summed E-state index contributed by atoms with van der Waals surface area (Å²) < 4.78 is 5.27. The third kappa shape index (κ3) is 2.58. The normalized spacial score (nSPS) is 19.9. The van der Waals surface area contributed by atoms with E-state index < -0.39 is 11.5 Å². The van der Waals surface area contributed by atoms with Gasteiger partial charge < -0.3 is 9.84 Å². The Kier molecular flexibility index (Phi) is 4.36. The third-order valence-electron chi connectivity index (χ3n) is 3.54. The summed E-state index contributed by atoms with van der Waals surface area (Å²) in [6, 6.07) is 5.07. The Labute approximate surface area is 121 Å². The second-order valence-corrected chi connectivity index (χ2v) is 5.36. The minimum Gasteiger partial charge on any atom is -0.480 e. The number of ether oxygens (including phenoxy) is 1. The minimum atomic E-state index is -1.20. The van der Waals surface area contributed by atoms with Crippen molar-refractivity contribution >= 4 is 29.2 Å².